The molecule has 0 aliphatic carbocycles. The predicted octanol–water partition coefficient (Wildman–Crippen LogP) is 2.46. The van der Waals surface area contributed by atoms with Gasteiger partial charge in [0.1, 0.15) is 11.4 Å². The van der Waals surface area contributed by atoms with Crippen molar-refractivity contribution in [2.75, 3.05) is 5.32 Å². The Labute approximate surface area is 128 Å². The molecule has 0 radical (unpaired) electrons. The van der Waals surface area contributed by atoms with E-state index in [9.17, 15) is 18.8 Å². The summed E-state index contributed by atoms with van der Waals surface area (Å²) in [6.45, 7) is 1.21. The number of hydrogen-bond acceptors (Lipinski definition) is 5. The number of halogens is 1. The lowest BCUT2D eigenvalue weighted by atomic mass is 10.2. The van der Waals surface area contributed by atoms with E-state index >= 15 is 0 Å². The third-order valence-corrected chi connectivity index (χ3v) is 5.36. The van der Waals surface area contributed by atoms with Crippen LogP contribution in [0.2, 0.25) is 0 Å². The predicted molar refractivity (Wildman–Crippen MR) is 79.3 cm³/mol. The van der Waals surface area contributed by atoms with Gasteiger partial charge in [-0.15, -0.1) is 0 Å². The maximum Gasteiger partial charge on any atom is 0.327 e. The van der Waals surface area contributed by atoms with Crippen LogP contribution >= 0.6 is 23.5 Å². The van der Waals surface area contributed by atoms with E-state index in [4.69, 9.17) is 5.11 Å². The molecular weight excluding hydrogens is 317 g/mol. The molecule has 21 heavy (non-hydrogen) atoms. The number of para-hydroxylation sites is 1. The summed E-state index contributed by atoms with van der Waals surface area (Å²) >= 11 is 1.86. The first-order valence-corrected chi connectivity index (χ1v) is 7.53. The Balaban J connectivity index is 2.19. The second kappa shape index (κ2) is 6.31. The van der Waals surface area contributed by atoms with Crippen LogP contribution < -0.4 is 5.32 Å². The molecule has 110 valence electrons. The highest BCUT2D eigenvalue weighted by Gasteiger charge is 2.37. The first-order chi connectivity index (χ1) is 9.90. The van der Waals surface area contributed by atoms with E-state index in [0.29, 0.717) is 4.24 Å². The molecular formula is C13H10FNO4S2. The smallest absolute Gasteiger partial charge is 0.327 e. The Morgan fingerprint density at radius 2 is 1.86 bits per heavy atom. The molecule has 1 aliphatic heterocycles. The van der Waals surface area contributed by atoms with Crippen molar-refractivity contribution in [3.63, 3.8) is 0 Å². The number of nitrogens with one attached hydrogen (secondary N) is 1. The van der Waals surface area contributed by atoms with Crippen LogP contribution in [0.15, 0.2) is 34.1 Å². The fourth-order valence-corrected chi connectivity index (χ4v) is 3.75. The molecule has 5 nitrogen and oxygen atoms in total. The second-order valence-corrected chi connectivity index (χ2v) is 6.85. The van der Waals surface area contributed by atoms with E-state index in [-0.39, 0.29) is 11.3 Å². The van der Waals surface area contributed by atoms with E-state index in [2.05, 4.69) is 5.32 Å². The standard InChI is InChI=1S/C13H10FNO4S2/c1-6(16)9(12-20-13(21-12)11(18)19)10(17)15-8-5-3-2-4-7(8)14/h2-5,13H,1H3,(H,15,17)(H,18,19). The van der Waals surface area contributed by atoms with Crippen LogP contribution in [-0.2, 0) is 14.4 Å². The summed E-state index contributed by atoms with van der Waals surface area (Å²) in [4.78, 5) is 34.4. The normalized spacial score (nSPS) is 16.9. The zero-order valence-corrected chi connectivity index (χ0v) is 12.4. The number of amides is 1. The number of carboxylic acid groups (broad SMARTS) is 1. The summed E-state index contributed by atoms with van der Waals surface area (Å²) in [5.41, 5.74) is -0.184. The molecule has 2 N–H and O–H groups in total. The van der Waals surface area contributed by atoms with E-state index in [1.165, 1.54) is 25.1 Å². The highest BCUT2D eigenvalue weighted by Crippen LogP contribution is 2.52. The van der Waals surface area contributed by atoms with Crippen LogP contribution in [0, 0.1) is 5.82 Å². The molecule has 1 aromatic carbocycles. The number of Topliss-reactive ketones (excluding diaryl/α,β-unsaturated/α-hetero) is 1. The van der Waals surface area contributed by atoms with Crippen LogP contribution in [0.5, 0.6) is 0 Å². The Bertz CT molecular complexity index is 651. The maximum absolute atomic E-state index is 13.5. The van der Waals surface area contributed by atoms with E-state index in [0.717, 1.165) is 23.5 Å². The van der Waals surface area contributed by atoms with E-state index in [1.54, 1.807) is 6.07 Å². The quantitative estimate of drug-likeness (QED) is 0.502. The first-order valence-electron chi connectivity index (χ1n) is 5.77. The summed E-state index contributed by atoms with van der Waals surface area (Å²) in [6, 6.07) is 5.58. The van der Waals surface area contributed by atoms with Crippen molar-refractivity contribution in [3.05, 3.63) is 39.9 Å². The van der Waals surface area contributed by atoms with Crippen molar-refractivity contribution >= 4 is 46.9 Å². The molecule has 1 fully saturated rings. The average molecular weight is 327 g/mol. The molecule has 0 saturated carbocycles. The van der Waals surface area contributed by atoms with Crippen molar-refractivity contribution in [3.8, 4) is 0 Å². The second-order valence-electron chi connectivity index (χ2n) is 4.06. The fourth-order valence-electron chi connectivity index (χ4n) is 1.57. The molecule has 0 aromatic heterocycles. The Morgan fingerprint density at radius 3 is 2.38 bits per heavy atom. The molecule has 1 heterocycles. The number of rotatable bonds is 4. The molecule has 2 rings (SSSR count). The molecule has 0 unspecified atom stereocenters. The number of carbonyl (C=O) groups excluding carboxylic acids is 2. The minimum atomic E-state index is -1.02. The van der Waals surface area contributed by atoms with Gasteiger partial charge in [0.15, 0.2) is 10.4 Å². The van der Waals surface area contributed by atoms with Crippen LogP contribution in [0.3, 0.4) is 0 Å². The summed E-state index contributed by atoms with van der Waals surface area (Å²) in [6.07, 6.45) is 0. The highest BCUT2D eigenvalue weighted by atomic mass is 32.3. The maximum atomic E-state index is 13.5. The highest BCUT2D eigenvalue weighted by molar-refractivity contribution is 8.39. The molecule has 1 amide bonds. The fraction of sp³-hybridized carbons (Fsp3) is 0.154. The summed E-state index contributed by atoms with van der Waals surface area (Å²) in [5, 5.41) is 11.1. The van der Waals surface area contributed by atoms with Gasteiger partial charge in [-0.1, -0.05) is 35.7 Å². The molecule has 8 heteroatoms. The number of ketones is 1. The van der Waals surface area contributed by atoms with Crippen LogP contribution in [0.4, 0.5) is 10.1 Å². The number of benzene rings is 1. The third kappa shape index (κ3) is 3.45. The van der Waals surface area contributed by atoms with Crippen molar-refractivity contribution < 1.29 is 23.9 Å². The van der Waals surface area contributed by atoms with Crippen LogP contribution in [-0.4, -0.2) is 27.3 Å². The van der Waals surface area contributed by atoms with Crippen LogP contribution in [0.25, 0.3) is 0 Å². The van der Waals surface area contributed by atoms with Gasteiger partial charge in [-0.25, -0.2) is 4.39 Å². The van der Waals surface area contributed by atoms with E-state index < -0.39 is 28.1 Å². The lowest BCUT2D eigenvalue weighted by molar-refractivity contribution is -0.134. The van der Waals surface area contributed by atoms with Crippen molar-refractivity contribution in [1.29, 1.82) is 0 Å². The Morgan fingerprint density at radius 1 is 1.24 bits per heavy atom. The van der Waals surface area contributed by atoms with Gasteiger partial charge in [0.2, 0.25) is 0 Å². The van der Waals surface area contributed by atoms with Gasteiger partial charge in [0.25, 0.3) is 5.91 Å². The number of anilines is 1. The topological polar surface area (TPSA) is 83.5 Å². The SMILES string of the molecule is CC(=O)C(C(=O)Nc1ccccc1F)=C1SC(C(=O)O)S1. The molecule has 0 bridgehead atoms. The zero-order chi connectivity index (χ0) is 15.6. The number of thioether (sulfide) groups is 2. The minimum absolute atomic E-state index is 0.0361. The number of carbonyl (C=O) groups is 3. The Kier molecular flexibility index (Phi) is 4.69. The molecule has 0 atom stereocenters. The van der Waals surface area contributed by atoms with Gasteiger partial charge >= 0.3 is 5.97 Å². The minimum Gasteiger partial charge on any atom is -0.480 e. The van der Waals surface area contributed by atoms with Gasteiger partial charge < -0.3 is 10.4 Å². The Hall–Kier alpha value is -1.80. The van der Waals surface area contributed by atoms with Gasteiger partial charge in [-0.2, -0.15) is 0 Å². The summed E-state index contributed by atoms with van der Waals surface area (Å²) in [7, 11) is 0. The number of hydrogen-bond donors (Lipinski definition) is 2. The van der Waals surface area contributed by atoms with E-state index in [1.807, 2.05) is 0 Å². The summed E-state index contributed by atoms with van der Waals surface area (Å²) in [5.74, 6) is -2.88. The zero-order valence-electron chi connectivity index (χ0n) is 10.8. The van der Waals surface area contributed by atoms with Crippen molar-refractivity contribution in [2.45, 2.75) is 11.5 Å². The largest absolute Gasteiger partial charge is 0.480 e. The van der Waals surface area contributed by atoms with Crippen molar-refractivity contribution in [1.82, 2.24) is 0 Å². The van der Waals surface area contributed by atoms with Gasteiger partial charge in [0, 0.05) is 0 Å². The van der Waals surface area contributed by atoms with Gasteiger partial charge in [-0.05, 0) is 19.1 Å². The lowest BCUT2D eigenvalue weighted by Crippen LogP contribution is -2.26. The third-order valence-electron chi connectivity index (χ3n) is 2.54. The monoisotopic (exact) mass is 327 g/mol. The van der Waals surface area contributed by atoms with Crippen molar-refractivity contribution in [2.24, 2.45) is 0 Å². The number of aliphatic carboxylic acids is 1. The lowest BCUT2D eigenvalue weighted by Gasteiger charge is -2.25. The molecule has 1 aromatic rings. The van der Waals surface area contributed by atoms with Gasteiger partial charge in [-0.3, -0.25) is 14.4 Å². The molecule has 1 aliphatic rings. The van der Waals surface area contributed by atoms with Gasteiger partial charge in [0.05, 0.1) is 9.92 Å². The molecule has 1 saturated heterocycles. The number of carboxylic acids is 1. The molecule has 0 spiro atoms. The van der Waals surface area contributed by atoms with Crippen LogP contribution in [0.1, 0.15) is 6.92 Å². The summed E-state index contributed by atoms with van der Waals surface area (Å²) < 4.78 is 13.1. The average Bonchev–Trinajstić information content (AvgIpc) is 2.34. The first kappa shape index (κ1) is 15.6.